The Kier molecular flexibility index (Phi) is 6.87. The first kappa shape index (κ1) is 20.9. The Labute approximate surface area is 173 Å². The van der Waals surface area contributed by atoms with E-state index in [4.69, 9.17) is 14.2 Å². The SMILES string of the molecule is COC(=O)c1c(NC(=O)CCCOc2ccccc2)sc2c1[C@@H](C(=O)OC)CC2. The van der Waals surface area contributed by atoms with E-state index in [0.717, 1.165) is 10.6 Å². The van der Waals surface area contributed by atoms with Crippen LogP contribution in [0.3, 0.4) is 0 Å². The van der Waals surface area contributed by atoms with Gasteiger partial charge in [0, 0.05) is 11.3 Å². The maximum absolute atomic E-state index is 12.4. The van der Waals surface area contributed by atoms with E-state index in [2.05, 4.69) is 5.32 Å². The zero-order valence-corrected chi connectivity index (χ0v) is 17.2. The summed E-state index contributed by atoms with van der Waals surface area (Å²) < 4.78 is 15.3. The van der Waals surface area contributed by atoms with Gasteiger partial charge in [-0.2, -0.15) is 0 Å². The summed E-state index contributed by atoms with van der Waals surface area (Å²) in [7, 11) is 2.60. The second kappa shape index (κ2) is 9.56. The fourth-order valence-electron chi connectivity index (χ4n) is 3.36. The molecule has 1 amide bonds. The minimum absolute atomic E-state index is 0.221. The van der Waals surface area contributed by atoms with Crippen molar-refractivity contribution < 1.29 is 28.6 Å². The third kappa shape index (κ3) is 4.76. The van der Waals surface area contributed by atoms with Crippen molar-refractivity contribution in [1.29, 1.82) is 0 Å². The minimum atomic E-state index is -0.569. The molecule has 1 aliphatic rings. The normalized spacial score (nSPS) is 14.8. The van der Waals surface area contributed by atoms with Gasteiger partial charge in [-0.05, 0) is 37.0 Å². The molecule has 1 N–H and O–H groups in total. The molecule has 0 saturated heterocycles. The van der Waals surface area contributed by atoms with Crippen molar-refractivity contribution in [2.45, 2.75) is 31.6 Å². The molecule has 3 rings (SSSR count). The van der Waals surface area contributed by atoms with Crippen LogP contribution in [0.4, 0.5) is 5.00 Å². The number of thiophene rings is 1. The Morgan fingerprint density at radius 2 is 1.90 bits per heavy atom. The second-order valence-electron chi connectivity index (χ2n) is 6.56. The van der Waals surface area contributed by atoms with Gasteiger partial charge in [0.2, 0.25) is 5.91 Å². The molecule has 0 spiro atoms. The van der Waals surface area contributed by atoms with E-state index in [1.54, 1.807) is 0 Å². The van der Waals surface area contributed by atoms with Gasteiger partial charge in [0.1, 0.15) is 10.8 Å². The Morgan fingerprint density at radius 3 is 2.59 bits per heavy atom. The van der Waals surface area contributed by atoms with Crippen molar-refractivity contribution in [3.63, 3.8) is 0 Å². The molecular formula is C21H23NO6S. The molecule has 0 saturated carbocycles. The van der Waals surface area contributed by atoms with Crippen molar-refractivity contribution in [3.8, 4) is 5.75 Å². The van der Waals surface area contributed by atoms with Gasteiger partial charge in [-0.25, -0.2) is 4.79 Å². The molecule has 0 bridgehead atoms. The van der Waals surface area contributed by atoms with Gasteiger partial charge in [0.25, 0.3) is 0 Å². The highest BCUT2D eigenvalue weighted by atomic mass is 32.1. The third-order valence-electron chi connectivity index (χ3n) is 4.72. The zero-order valence-electron chi connectivity index (χ0n) is 16.4. The van der Waals surface area contributed by atoms with Crippen molar-refractivity contribution in [3.05, 3.63) is 46.3 Å². The van der Waals surface area contributed by atoms with Crippen molar-refractivity contribution in [2.75, 3.05) is 26.1 Å². The van der Waals surface area contributed by atoms with Crippen LogP contribution in [0.15, 0.2) is 30.3 Å². The summed E-state index contributed by atoms with van der Waals surface area (Å²) in [5, 5.41) is 3.22. The van der Waals surface area contributed by atoms with Gasteiger partial charge in [0.05, 0.1) is 32.3 Å². The molecule has 1 aromatic carbocycles. The topological polar surface area (TPSA) is 90.9 Å². The van der Waals surface area contributed by atoms with Gasteiger partial charge in [0.15, 0.2) is 0 Å². The number of aryl methyl sites for hydroxylation is 1. The first-order chi connectivity index (χ1) is 14.0. The van der Waals surface area contributed by atoms with Crippen LogP contribution < -0.4 is 10.1 Å². The minimum Gasteiger partial charge on any atom is -0.494 e. The van der Waals surface area contributed by atoms with Crippen molar-refractivity contribution in [2.24, 2.45) is 0 Å². The summed E-state index contributed by atoms with van der Waals surface area (Å²) in [5.74, 6) is -0.931. The van der Waals surface area contributed by atoms with Crippen LogP contribution in [0.5, 0.6) is 5.75 Å². The summed E-state index contributed by atoms with van der Waals surface area (Å²) in [6.07, 6.45) is 2.02. The van der Waals surface area contributed by atoms with E-state index >= 15 is 0 Å². The average molecular weight is 417 g/mol. The zero-order chi connectivity index (χ0) is 20.8. The predicted molar refractivity (Wildman–Crippen MR) is 109 cm³/mol. The number of amides is 1. The Balaban J connectivity index is 1.65. The van der Waals surface area contributed by atoms with E-state index in [1.807, 2.05) is 30.3 Å². The molecule has 7 nitrogen and oxygen atoms in total. The van der Waals surface area contributed by atoms with E-state index in [0.29, 0.717) is 36.4 Å². The van der Waals surface area contributed by atoms with E-state index in [9.17, 15) is 14.4 Å². The molecule has 0 fully saturated rings. The van der Waals surface area contributed by atoms with Crippen molar-refractivity contribution >= 4 is 34.2 Å². The number of hydrogen-bond acceptors (Lipinski definition) is 7. The highest BCUT2D eigenvalue weighted by Crippen LogP contribution is 2.45. The number of carbonyl (C=O) groups excluding carboxylic acids is 3. The number of benzene rings is 1. The molecule has 154 valence electrons. The number of fused-ring (bicyclic) bond motifs is 1. The molecule has 1 heterocycles. The Hall–Kier alpha value is -2.87. The number of esters is 2. The molecule has 29 heavy (non-hydrogen) atoms. The number of carbonyl (C=O) groups is 3. The quantitative estimate of drug-likeness (QED) is 0.522. The summed E-state index contributed by atoms with van der Waals surface area (Å²) in [6, 6.07) is 9.38. The molecule has 1 aliphatic carbocycles. The molecule has 0 unspecified atom stereocenters. The lowest BCUT2D eigenvalue weighted by Crippen LogP contribution is -2.18. The van der Waals surface area contributed by atoms with Crippen molar-refractivity contribution in [1.82, 2.24) is 0 Å². The molecule has 1 atom stereocenters. The van der Waals surface area contributed by atoms with Gasteiger partial charge >= 0.3 is 11.9 Å². The third-order valence-corrected chi connectivity index (χ3v) is 5.90. The van der Waals surface area contributed by atoms with Crippen LogP contribution >= 0.6 is 11.3 Å². The number of rotatable bonds is 8. The number of anilines is 1. The molecule has 1 aromatic heterocycles. The fraction of sp³-hybridized carbons (Fsp3) is 0.381. The van der Waals surface area contributed by atoms with Crippen LogP contribution in [0.1, 0.15) is 46.0 Å². The van der Waals surface area contributed by atoms with Crippen LogP contribution in [0.2, 0.25) is 0 Å². The highest BCUT2D eigenvalue weighted by Gasteiger charge is 2.38. The first-order valence-electron chi connectivity index (χ1n) is 9.34. The monoisotopic (exact) mass is 417 g/mol. The largest absolute Gasteiger partial charge is 0.494 e. The summed E-state index contributed by atoms with van der Waals surface area (Å²) in [4.78, 5) is 37.8. The first-order valence-corrected chi connectivity index (χ1v) is 10.2. The molecular weight excluding hydrogens is 394 g/mol. The van der Waals surface area contributed by atoms with Crippen LogP contribution in [-0.2, 0) is 25.5 Å². The molecule has 0 radical (unpaired) electrons. The Bertz CT molecular complexity index is 892. The summed E-state index contributed by atoms with van der Waals surface area (Å²) in [6.45, 7) is 0.409. The van der Waals surface area contributed by atoms with Gasteiger partial charge in [-0.3, -0.25) is 9.59 Å². The summed E-state index contributed by atoms with van der Waals surface area (Å²) in [5.41, 5.74) is 0.880. The maximum atomic E-state index is 12.4. The lowest BCUT2D eigenvalue weighted by molar-refractivity contribution is -0.142. The fourth-order valence-corrected chi connectivity index (χ4v) is 4.65. The van der Waals surface area contributed by atoms with Gasteiger partial charge < -0.3 is 19.5 Å². The van der Waals surface area contributed by atoms with E-state index < -0.39 is 11.9 Å². The van der Waals surface area contributed by atoms with E-state index in [-0.39, 0.29) is 23.9 Å². The predicted octanol–water partition coefficient (Wildman–Crippen LogP) is 3.54. The van der Waals surface area contributed by atoms with Crippen LogP contribution in [0.25, 0.3) is 0 Å². The van der Waals surface area contributed by atoms with Gasteiger partial charge in [-0.15, -0.1) is 11.3 Å². The average Bonchev–Trinajstić information content (AvgIpc) is 3.29. The lowest BCUT2D eigenvalue weighted by Gasteiger charge is -2.12. The standard InChI is InChI=1S/C21H23NO6S/c1-26-20(24)14-10-11-15-17(14)18(21(25)27-2)19(29-15)22-16(23)9-6-12-28-13-7-4-3-5-8-13/h3-5,7-8,14H,6,9-12H2,1-2H3,(H,22,23)/t14-/m0/s1. The molecule has 2 aromatic rings. The number of ether oxygens (including phenoxy) is 3. The van der Waals surface area contributed by atoms with E-state index in [1.165, 1.54) is 25.6 Å². The maximum Gasteiger partial charge on any atom is 0.341 e. The lowest BCUT2D eigenvalue weighted by atomic mass is 9.99. The van der Waals surface area contributed by atoms with Crippen LogP contribution in [0, 0.1) is 0 Å². The highest BCUT2D eigenvalue weighted by molar-refractivity contribution is 7.17. The second-order valence-corrected chi connectivity index (χ2v) is 7.67. The number of hydrogen-bond donors (Lipinski definition) is 1. The Morgan fingerprint density at radius 1 is 1.14 bits per heavy atom. The van der Waals surface area contributed by atoms with Crippen LogP contribution in [-0.4, -0.2) is 38.7 Å². The number of methoxy groups -OCH3 is 2. The number of nitrogens with one attached hydrogen (secondary N) is 1. The number of para-hydroxylation sites is 1. The smallest absolute Gasteiger partial charge is 0.341 e. The molecule has 0 aliphatic heterocycles. The van der Waals surface area contributed by atoms with Gasteiger partial charge in [-0.1, -0.05) is 18.2 Å². The summed E-state index contributed by atoms with van der Waals surface area (Å²) >= 11 is 1.32. The molecule has 8 heteroatoms.